The van der Waals surface area contributed by atoms with Gasteiger partial charge in [0.05, 0.1) is 0 Å². The second kappa shape index (κ2) is 9.80. The molecule has 0 spiro atoms. The Morgan fingerprint density at radius 2 is 1.67 bits per heavy atom. The van der Waals surface area contributed by atoms with E-state index in [1.54, 1.807) is 6.07 Å². The van der Waals surface area contributed by atoms with Gasteiger partial charge in [-0.15, -0.1) is 0 Å². The topological polar surface area (TPSA) is 130 Å². The maximum absolute atomic E-state index is 12.0. The Balaban J connectivity index is 2.14. The Labute approximate surface area is 194 Å². The first-order valence-electron chi connectivity index (χ1n) is 10.1. The zero-order chi connectivity index (χ0) is 24.3. The van der Waals surface area contributed by atoms with Crippen LogP contribution in [0.3, 0.4) is 0 Å². The van der Waals surface area contributed by atoms with E-state index in [1.807, 2.05) is 24.3 Å². The van der Waals surface area contributed by atoms with E-state index in [4.69, 9.17) is 35.3 Å². The number of carbonyl (C=O) groups excluding carboxylic acids is 4. The highest BCUT2D eigenvalue weighted by Gasteiger charge is 2.62. The lowest BCUT2D eigenvalue weighted by Gasteiger charge is -2.48. The lowest BCUT2D eigenvalue weighted by atomic mass is 9.92. The van der Waals surface area contributed by atoms with Crippen LogP contribution in [-0.4, -0.2) is 58.8 Å². The first-order valence-corrected chi connectivity index (χ1v) is 10.5. The Kier molecular flexibility index (Phi) is 7.28. The van der Waals surface area contributed by atoms with Crippen LogP contribution >= 0.6 is 11.6 Å². The fraction of sp³-hybridized carbons (Fsp3) is 0.455. The molecule has 2 aromatic rings. The number of halogens is 1. The Hall–Kier alpha value is -3.11. The highest BCUT2D eigenvalue weighted by atomic mass is 35.5. The van der Waals surface area contributed by atoms with Gasteiger partial charge in [-0.1, -0.05) is 29.8 Å². The molecule has 1 N–H and O–H groups in total. The molecule has 0 unspecified atom stereocenters. The number of alkyl halides is 1. The summed E-state index contributed by atoms with van der Waals surface area (Å²) in [5.41, 5.74) is 1.26. The maximum Gasteiger partial charge on any atom is 0.304 e. The fourth-order valence-corrected chi connectivity index (χ4v) is 4.14. The van der Waals surface area contributed by atoms with Crippen molar-refractivity contribution in [3.05, 3.63) is 36.0 Å². The van der Waals surface area contributed by atoms with Crippen LogP contribution in [0.1, 0.15) is 39.5 Å². The molecule has 5 atom stereocenters. The molecule has 0 aliphatic carbocycles. The molecular weight excluding hydrogens is 458 g/mol. The zero-order valence-corrected chi connectivity index (χ0v) is 19.2. The number of aromatic nitrogens is 1. The minimum absolute atomic E-state index is 0.423. The van der Waals surface area contributed by atoms with Gasteiger partial charge in [0.15, 0.2) is 18.3 Å². The van der Waals surface area contributed by atoms with Crippen LogP contribution in [0, 0.1) is 0 Å². The number of esters is 4. The van der Waals surface area contributed by atoms with Crippen molar-refractivity contribution in [3.8, 4) is 0 Å². The molecule has 3 rings (SSSR count). The normalized spacial score (nSPS) is 26.9. The van der Waals surface area contributed by atoms with Crippen LogP contribution in [0.2, 0.25) is 0 Å². The molecular formula is C22H24ClNO9. The van der Waals surface area contributed by atoms with Crippen molar-refractivity contribution in [2.75, 3.05) is 6.61 Å². The summed E-state index contributed by atoms with van der Waals surface area (Å²) < 4.78 is 27.4. The summed E-state index contributed by atoms with van der Waals surface area (Å²) in [4.78, 5) is 50.5. The van der Waals surface area contributed by atoms with Gasteiger partial charge in [0.1, 0.15) is 12.7 Å². The van der Waals surface area contributed by atoms with E-state index in [-0.39, 0.29) is 0 Å². The van der Waals surface area contributed by atoms with Crippen molar-refractivity contribution in [3.63, 3.8) is 0 Å². The van der Waals surface area contributed by atoms with E-state index in [0.717, 1.165) is 24.8 Å². The number of nitrogens with one attached hydrogen (secondary N) is 1. The summed E-state index contributed by atoms with van der Waals surface area (Å²) in [6.07, 6.45) is -5.10. The average Bonchev–Trinajstić information content (AvgIpc) is 3.13. The fourth-order valence-electron chi connectivity index (χ4n) is 3.74. The minimum Gasteiger partial charge on any atom is -0.463 e. The summed E-state index contributed by atoms with van der Waals surface area (Å²) in [5, 5.41) is -1.31. The van der Waals surface area contributed by atoms with Gasteiger partial charge in [0, 0.05) is 38.9 Å². The lowest BCUT2D eigenvalue weighted by molar-refractivity contribution is -0.268. The smallest absolute Gasteiger partial charge is 0.304 e. The molecule has 0 amide bonds. The summed E-state index contributed by atoms with van der Waals surface area (Å²) in [6, 6.07) is 9.17. The molecule has 1 aromatic heterocycles. The molecule has 1 aliphatic rings. The Bertz CT molecular complexity index is 1030. The predicted octanol–water partition coefficient (Wildman–Crippen LogP) is 2.53. The van der Waals surface area contributed by atoms with Crippen LogP contribution in [0.25, 0.3) is 10.9 Å². The lowest BCUT2D eigenvalue weighted by Crippen LogP contribution is -2.65. The molecule has 11 heteroatoms. The van der Waals surface area contributed by atoms with Crippen LogP contribution in [0.15, 0.2) is 30.3 Å². The number of hydrogen-bond donors (Lipinski definition) is 1. The number of carbonyl (C=O) groups is 4. The van der Waals surface area contributed by atoms with Crippen molar-refractivity contribution in [1.82, 2.24) is 4.98 Å². The van der Waals surface area contributed by atoms with Gasteiger partial charge in [0.2, 0.25) is 0 Å². The van der Waals surface area contributed by atoms with E-state index >= 15 is 0 Å². The molecule has 0 radical (unpaired) electrons. The quantitative estimate of drug-likeness (QED) is 0.375. The molecule has 0 saturated carbocycles. The largest absolute Gasteiger partial charge is 0.463 e. The van der Waals surface area contributed by atoms with Crippen molar-refractivity contribution in [1.29, 1.82) is 0 Å². The number of hydrogen-bond acceptors (Lipinski definition) is 9. The van der Waals surface area contributed by atoms with Crippen LogP contribution in [0.5, 0.6) is 0 Å². The third-order valence-corrected chi connectivity index (χ3v) is 5.46. The van der Waals surface area contributed by atoms with Gasteiger partial charge >= 0.3 is 23.9 Å². The monoisotopic (exact) mass is 481 g/mol. The van der Waals surface area contributed by atoms with Gasteiger partial charge in [0.25, 0.3) is 5.06 Å². The Morgan fingerprint density at radius 3 is 2.24 bits per heavy atom. The zero-order valence-electron chi connectivity index (χ0n) is 18.5. The summed E-state index contributed by atoms with van der Waals surface area (Å²) in [7, 11) is 0. The maximum atomic E-state index is 12.0. The van der Waals surface area contributed by atoms with E-state index in [2.05, 4.69) is 4.98 Å². The third-order valence-electron chi connectivity index (χ3n) is 4.93. The summed E-state index contributed by atoms with van der Waals surface area (Å²) in [5.74, 6) is -2.92. The number of benzene rings is 1. The van der Waals surface area contributed by atoms with Gasteiger partial charge in [-0.3, -0.25) is 19.2 Å². The number of aromatic amines is 1. The van der Waals surface area contributed by atoms with Gasteiger partial charge in [-0.05, 0) is 17.5 Å². The molecule has 1 aromatic carbocycles. The molecule has 33 heavy (non-hydrogen) atoms. The molecule has 1 saturated heterocycles. The highest BCUT2D eigenvalue weighted by Crippen LogP contribution is 2.45. The van der Waals surface area contributed by atoms with Crippen LogP contribution in [0.4, 0.5) is 0 Å². The number of H-pyrrole nitrogens is 1. The number of para-hydroxylation sites is 1. The molecule has 10 nitrogen and oxygen atoms in total. The highest BCUT2D eigenvalue weighted by molar-refractivity contribution is 6.24. The number of rotatable bonds is 6. The van der Waals surface area contributed by atoms with Crippen molar-refractivity contribution in [2.45, 2.75) is 57.2 Å². The van der Waals surface area contributed by atoms with Gasteiger partial charge in [-0.2, -0.15) is 0 Å². The molecule has 178 valence electrons. The van der Waals surface area contributed by atoms with E-state index in [1.165, 1.54) is 13.8 Å². The first kappa shape index (κ1) is 24.5. The average molecular weight is 482 g/mol. The van der Waals surface area contributed by atoms with Crippen molar-refractivity contribution in [2.24, 2.45) is 0 Å². The number of ether oxygens (including phenoxy) is 5. The van der Waals surface area contributed by atoms with E-state index in [9.17, 15) is 19.2 Å². The molecule has 0 bridgehead atoms. The Morgan fingerprint density at radius 1 is 1.00 bits per heavy atom. The van der Waals surface area contributed by atoms with E-state index < -0.39 is 60.0 Å². The van der Waals surface area contributed by atoms with Crippen LogP contribution < -0.4 is 0 Å². The van der Waals surface area contributed by atoms with E-state index in [0.29, 0.717) is 5.69 Å². The summed E-state index contributed by atoms with van der Waals surface area (Å²) >= 11 is 6.70. The minimum atomic E-state index is -2.16. The van der Waals surface area contributed by atoms with Crippen molar-refractivity contribution >= 4 is 46.4 Å². The third kappa shape index (κ3) is 5.45. The van der Waals surface area contributed by atoms with Gasteiger partial charge in [-0.25, -0.2) is 0 Å². The second-order valence-corrected chi connectivity index (χ2v) is 8.15. The molecule has 1 aliphatic heterocycles. The van der Waals surface area contributed by atoms with Gasteiger partial charge < -0.3 is 28.7 Å². The predicted molar refractivity (Wildman–Crippen MR) is 114 cm³/mol. The second-order valence-electron chi connectivity index (χ2n) is 7.56. The van der Waals surface area contributed by atoms with Crippen LogP contribution in [-0.2, 0) is 42.9 Å². The number of fused-ring (bicyclic) bond motifs is 1. The summed E-state index contributed by atoms with van der Waals surface area (Å²) in [6.45, 7) is 4.16. The molecule has 1 fully saturated rings. The standard InChI is InChI=1S/C22H24ClNO9/c1-11(25)29-10-18-22(23,33-14(4)28)21(31-13(3)27)20(30-12(2)26)19(32-18)17-9-15-7-5-6-8-16(15)24-17/h5-9,18-21,24H,10H2,1-4H3/t18-,19+,20+,21-,22+/m1/s1. The first-order chi connectivity index (χ1) is 15.5. The molecule has 2 heterocycles. The van der Waals surface area contributed by atoms with Crippen molar-refractivity contribution < 1.29 is 42.9 Å². The SMILES string of the molecule is CC(=O)OC[C@H]1O[C@@H](c2cc3ccccc3[nH]2)[C@H](OC(C)=O)[C@@H](OC(C)=O)[C@@]1(Cl)OC(C)=O.